The summed E-state index contributed by atoms with van der Waals surface area (Å²) in [5.74, 6) is 0.956. The van der Waals surface area contributed by atoms with E-state index in [0.29, 0.717) is 10.9 Å². The van der Waals surface area contributed by atoms with Crippen LogP contribution in [0.1, 0.15) is 5.76 Å². The second kappa shape index (κ2) is 9.82. The molecule has 2 heterocycles. The number of furan rings is 1. The molecule has 0 aliphatic rings. The first-order chi connectivity index (χ1) is 16.7. The Balaban J connectivity index is 1.20. The standard InChI is InChI=1S/C27H19N3O2S2/c31-25(16-14-20-13-15-24(32-20)19-8-2-1-3-9-19)29-26(33)30-27-28-23(17-34-27)22-12-6-10-18-7-4-5-11-21(18)22/h1-17H,(H2,28,29,30,31,33)/b16-14+. The number of hydrogen-bond acceptors (Lipinski definition) is 5. The maximum atomic E-state index is 12.3. The first-order valence-electron chi connectivity index (χ1n) is 10.5. The first kappa shape index (κ1) is 21.8. The normalized spacial score (nSPS) is 11.1. The van der Waals surface area contributed by atoms with Gasteiger partial charge in [-0.2, -0.15) is 0 Å². The summed E-state index contributed by atoms with van der Waals surface area (Å²) in [7, 11) is 0. The van der Waals surface area contributed by atoms with Gasteiger partial charge in [0.15, 0.2) is 10.2 Å². The molecule has 0 bridgehead atoms. The average molecular weight is 482 g/mol. The van der Waals surface area contributed by atoms with E-state index in [-0.39, 0.29) is 11.0 Å². The third-order valence-corrected chi connectivity index (χ3v) is 6.07. The predicted octanol–water partition coefficient (Wildman–Crippen LogP) is 6.75. The SMILES string of the molecule is O=C(/C=C/c1ccc(-c2ccccc2)o1)NC(=S)Nc1nc(-c2cccc3ccccc23)cs1. The van der Waals surface area contributed by atoms with Crippen LogP contribution in [0.2, 0.25) is 0 Å². The van der Waals surface area contributed by atoms with Crippen LogP contribution in [0.15, 0.2) is 101 Å². The van der Waals surface area contributed by atoms with Crippen LogP contribution in [0.4, 0.5) is 5.13 Å². The highest BCUT2D eigenvalue weighted by molar-refractivity contribution is 7.80. The average Bonchev–Trinajstić information content (AvgIpc) is 3.53. The van der Waals surface area contributed by atoms with Crippen LogP contribution in [-0.4, -0.2) is 16.0 Å². The van der Waals surface area contributed by atoms with E-state index in [0.717, 1.165) is 33.4 Å². The molecule has 2 aromatic heterocycles. The molecule has 0 saturated heterocycles. The molecule has 5 rings (SSSR count). The zero-order chi connectivity index (χ0) is 23.3. The number of fused-ring (bicyclic) bond motifs is 1. The number of nitrogens with one attached hydrogen (secondary N) is 2. The Labute approximate surface area is 205 Å². The number of thiazole rings is 1. The summed E-state index contributed by atoms with van der Waals surface area (Å²) in [5, 5.41) is 10.7. The smallest absolute Gasteiger partial charge is 0.250 e. The summed E-state index contributed by atoms with van der Waals surface area (Å²) in [5.41, 5.74) is 2.88. The Morgan fingerprint density at radius 1 is 0.941 bits per heavy atom. The van der Waals surface area contributed by atoms with E-state index in [1.807, 2.05) is 72.1 Å². The number of aromatic nitrogens is 1. The van der Waals surface area contributed by atoms with Gasteiger partial charge in [0.1, 0.15) is 11.5 Å². The molecule has 0 atom stereocenters. The molecule has 0 radical (unpaired) electrons. The molecule has 7 heteroatoms. The highest BCUT2D eigenvalue weighted by atomic mass is 32.1. The number of amides is 1. The lowest BCUT2D eigenvalue weighted by atomic mass is 10.0. The molecule has 166 valence electrons. The van der Waals surface area contributed by atoms with Crippen LogP contribution in [0.25, 0.3) is 39.4 Å². The van der Waals surface area contributed by atoms with Gasteiger partial charge in [-0.3, -0.25) is 10.1 Å². The van der Waals surface area contributed by atoms with E-state index in [9.17, 15) is 4.79 Å². The van der Waals surface area contributed by atoms with Crippen LogP contribution in [0, 0.1) is 0 Å². The number of nitrogens with zero attached hydrogens (tertiary/aromatic N) is 1. The number of thiocarbonyl (C=S) groups is 1. The minimum atomic E-state index is -0.360. The van der Waals surface area contributed by atoms with Gasteiger partial charge in [-0.25, -0.2) is 4.98 Å². The van der Waals surface area contributed by atoms with Crippen molar-refractivity contribution in [2.24, 2.45) is 0 Å². The zero-order valence-electron chi connectivity index (χ0n) is 17.9. The topological polar surface area (TPSA) is 67.2 Å². The molecule has 34 heavy (non-hydrogen) atoms. The van der Waals surface area contributed by atoms with Gasteiger partial charge >= 0.3 is 0 Å². The third-order valence-electron chi connectivity index (χ3n) is 5.11. The van der Waals surface area contributed by atoms with Crippen LogP contribution < -0.4 is 10.6 Å². The highest BCUT2D eigenvalue weighted by Gasteiger charge is 2.10. The lowest BCUT2D eigenvalue weighted by molar-refractivity contribution is -0.115. The van der Waals surface area contributed by atoms with Crippen molar-refractivity contribution in [3.05, 3.63) is 102 Å². The summed E-state index contributed by atoms with van der Waals surface area (Å²) in [6, 6.07) is 27.8. The molecule has 0 aliphatic carbocycles. The second-order valence-corrected chi connectivity index (χ2v) is 8.68. The maximum Gasteiger partial charge on any atom is 0.250 e. The van der Waals surface area contributed by atoms with Crippen molar-refractivity contribution < 1.29 is 9.21 Å². The summed E-state index contributed by atoms with van der Waals surface area (Å²) in [6.07, 6.45) is 2.98. The van der Waals surface area contributed by atoms with E-state index in [4.69, 9.17) is 16.6 Å². The number of carbonyl (C=O) groups is 1. The number of hydrogen-bond donors (Lipinski definition) is 2. The minimum Gasteiger partial charge on any atom is -0.457 e. The Kier molecular flexibility index (Phi) is 6.29. The fourth-order valence-electron chi connectivity index (χ4n) is 3.54. The molecule has 0 aliphatic heterocycles. The fourth-order valence-corrected chi connectivity index (χ4v) is 4.52. The van der Waals surface area contributed by atoms with E-state index in [1.54, 1.807) is 6.08 Å². The van der Waals surface area contributed by atoms with Gasteiger partial charge in [0, 0.05) is 22.6 Å². The third kappa shape index (κ3) is 4.96. The monoisotopic (exact) mass is 481 g/mol. The maximum absolute atomic E-state index is 12.3. The molecule has 3 aromatic carbocycles. The van der Waals surface area contributed by atoms with Gasteiger partial charge in [-0.1, -0.05) is 72.8 Å². The Bertz CT molecular complexity index is 1500. The van der Waals surface area contributed by atoms with Crippen molar-refractivity contribution in [3.63, 3.8) is 0 Å². The fraction of sp³-hybridized carbons (Fsp3) is 0. The Morgan fingerprint density at radius 3 is 2.62 bits per heavy atom. The van der Waals surface area contributed by atoms with Gasteiger partial charge < -0.3 is 9.73 Å². The molecule has 2 N–H and O–H groups in total. The Hall–Kier alpha value is -4.07. The quantitative estimate of drug-likeness (QED) is 0.215. The number of rotatable bonds is 5. The van der Waals surface area contributed by atoms with Gasteiger partial charge in [-0.15, -0.1) is 11.3 Å². The predicted molar refractivity (Wildman–Crippen MR) is 143 cm³/mol. The zero-order valence-corrected chi connectivity index (χ0v) is 19.5. The highest BCUT2D eigenvalue weighted by Crippen LogP contribution is 2.31. The molecule has 1 amide bonds. The van der Waals surface area contributed by atoms with Gasteiger partial charge in [0.25, 0.3) is 0 Å². The van der Waals surface area contributed by atoms with Crippen LogP contribution in [-0.2, 0) is 4.79 Å². The van der Waals surface area contributed by atoms with Gasteiger partial charge in [0.05, 0.1) is 5.69 Å². The molecular weight excluding hydrogens is 462 g/mol. The van der Waals surface area contributed by atoms with Gasteiger partial charge in [-0.05, 0) is 41.2 Å². The van der Waals surface area contributed by atoms with Crippen molar-refractivity contribution >= 4 is 56.6 Å². The van der Waals surface area contributed by atoms with Crippen LogP contribution in [0.5, 0.6) is 0 Å². The van der Waals surface area contributed by atoms with E-state index in [2.05, 4.69) is 33.8 Å². The number of anilines is 1. The van der Waals surface area contributed by atoms with Crippen molar-refractivity contribution in [3.8, 4) is 22.6 Å². The molecule has 0 spiro atoms. The molecule has 5 aromatic rings. The number of benzene rings is 3. The minimum absolute atomic E-state index is 0.179. The largest absolute Gasteiger partial charge is 0.457 e. The molecule has 5 nitrogen and oxygen atoms in total. The molecule has 0 fully saturated rings. The van der Waals surface area contributed by atoms with Crippen molar-refractivity contribution in [1.29, 1.82) is 0 Å². The van der Waals surface area contributed by atoms with Crippen LogP contribution >= 0.6 is 23.6 Å². The van der Waals surface area contributed by atoms with Crippen molar-refractivity contribution in [1.82, 2.24) is 10.3 Å². The van der Waals surface area contributed by atoms with Crippen LogP contribution in [0.3, 0.4) is 0 Å². The van der Waals surface area contributed by atoms with Crippen molar-refractivity contribution in [2.75, 3.05) is 5.32 Å². The first-order valence-corrected chi connectivity index (χ1v) is 11.8. The second-order valence-electron chi connectivity index (χ2n) is 7.41. The van der Waals surface area contributed by atoms with E-state index < -0.39 is 0 Å². The summed E-state index contributed by atoms with van der Waals surface area (Å²) < 4.78 is 5.77. The Morgan fingerprint density at radius 2 is 1.74 bits per heavy atom. The lowest BCUT2D eigenvalue weighted by Crippen LogP contribution is -2.32. The molecule has 0 unspecified atom stereocenters. The number of carbonyl (C=O) groups excluding carboxylic acids is 1. The van der Waals surface area contributed by atoms with E-state index in [1.165, 1.54) is 17.4 Å². The van der Waals surface area contributed by atoms with Gasteiger partial charge in [0.2, 0.25) is 5.91 Å². The molecular formula is C27H19N3O2S2. The summed E-state index contributed by atoms with van der Waals surface area (Å²) >= 11 is 6.71. The summed E-state index contributed by atoms with van der Waals surface area (Å²) in [4.78, 5) is 16.9. The lowest BCUT2D eigenvalue weighted by Gasteiger charge is -2.05. The van der Waals surface area contributed by atoms with Crippen molar-refractivity contribution in [2.45, 2.75) is 0 Å². The van der Waals surface area contributed by atoms with E-state index >= 15 is 0 Å². The summed E-state index contributed by atoms with van der Waals surface area (Å²) in [6.45, 7) is 0. The molecule has 0 saturated carbocycles.